The molecule has 2 saturated heterocycles. The number of ether oxygens (including phenoxy) is 1. The van der Waals surface area contributed by atoms with Crippen LogP contribution in [0.5, 0.6) is 0 Å². The highest BCUT2D eigenvalue weighted by Gasteiger charge is 2.36. The number of fused-ring (bicyclic) bond motifs is 1. The molecular formula is C14H21N3O2S. The van der Waals surface area contributed by atoms with Crippen LogP contribution in [0.3, 0.4) is 0 Å². The molecule has 0 spiro atoms. The molecule has 3 rings (SSSR count). The van der Waals surface area contributed by atoms with Gasteiger partial charge in [-0.05, 0) is 19.9 Å². The Bertz CT molecular complexity index is 491. The smallest absolute Gasteiger partial charge is 0.248 e. The molecule has 0 saturated carbocycles. The fourth-order valence-corrected chi connectivity index (χ4v) is 3.72. The maximum atomic E-state index is 11.9. The van der Waals surface area contributed by atoms with Crippen molar-refractivity contribution >= 4 is 17.2 Å². The third kappa shape index (κ3) is 2.87. The SMILES string of the molecule is Cc1nc(CN2CC[C@H]3COCC(=O)N(C)[C@H]3C2)cs1. The summed E-state index contributed by atoms with van der Waals surface area (Å²) in [5.41, 5.74) is 1.14. The molecule has 1 aromatic rings. The summed E-state index contributed by atoms with van der Waals surface area (Å²) in [6, 6.07) is 0.276. The molecular weight excluding hydrogens is 274 g/mol. The predicted molar refractivity (Wildman–Crippen MR) is 77.6 cm³/mol. The van der Waals surface area contributed by atoms with Gasteiger partial charge in [0.05, 0.1) is 17.3 Å². The molecule has 3 heterocycles. The van der Waals surface area contributed by atoms with Crippen molar-refractivity contribution in [2.24, 2.45) is 5.92 Å². The van der Waals surface area contributed by atoms with Gasteiger partial charge in [0.1, 0.15) is 6.61 Å². The molecule has 0 aliphatic carbocycles. The average molecular weight is 295 g/mol. The molecule has 2 aliphatic rings. The summed E-state index contributed by atoms with van der Waals surface area (Å²) in [5, 5.41) is 3.25. The van der Waals surface area contributed by atoms with Crippen LogP contribution in [-0.4, -0.2) is 60.1 Å². The molecule has 0 unspecified atom stereocenters. The molecule has 0 bridgehead atoms. The number of rotatable bonds is 2. The van der Waals surface area contributed by atoms with Gasteiger partial charge in [0.2, 0.25) is 5.91 Å². The van der Waals surface area contributed by atoms with E-state index in [1.165, 1.54) is 0 Å². The van der Waals surface area contributed by atoms with Crippen molar-refractivity contribution in [1.82, 2.24) is 14.8 Å². The number of hydrogen-bond donors (Lipinski definition) is 0. The van der Waals surface area contributed by atoms with Crippen LogP contribution in [0.4, 0.5) is 0 Å². The van der Waals surface area contributed by atoms with Gasteiger partial charge in [-0.3, -0.25) is 9.69 Å². The van der Waals surface area contributed by atoms with E-state index in [1.54, 1.807) is 11.3 Å². The van der Waals surface area contributed by atoms with Gasteiger partial charge >= 0.3 is 0 Å². The number of aryl methyl sites for hydroxylation is 1. The number of carbonyl (C=O) groups is 1. The van der Waals surface area contributed by atoms with Crippen molar-refractivity contribution in [3.8, 4) is 0 Å². The van der Waals surface area contributed by atoms with Crippen molar-refractivity contribution in [2.75, 3.05) is 33.4 Å². The Morgan fingerprint density at radius 2 is 2.40 bits per heavy atom. The largest absolute Gasteiger partial charge is 0.371 e. The van der Waals surface area contributed by atoms with Crippen LogP contribution in [0.2, 0.25) is 0 Å². The number of thiazole rings is 1. The normalized spacial score (nSPS) is 28.3. The molecule has 20 heavy (non-hydrogen) atoms. The van der Waals surface area contributed by atoms with Crippen LogP contribution < -0.4 is 0 Å². The quantitative estimate of drug-likeness (QED) is 0.820. The topological polar surface area (TPSA) is 45.7 Å². The summed E-state index contributed by atoms with van der Waals surface area (Å²) >= 11 is 1.70. The standard InChI is InChI=1S/C14H21N3O2S/c1-10-15-12(9-20-10)5-17-4-3-11-7-19-8-14(18)16(2)13(11)6-17/h9,11,13H,3-8H2,1-2H3/t11-,13-/m0/s1. The molecule has 0 N–H and O–H groups in total. The van der Waals surface area contributed by atoms with E-state index in [0.29, 0.717) is 12.5 Å². The minimum Gasteiger partial charge on any atom is -0.371 e. The first-order valence-corrected chi connectivity index (χ1v) is 7.98. The number of piperidine rings is 1. The molecule has 6 heteroatoms. The van der Waals surface area contributed by atoms with Gasteiger partial charge in [0.25, 0.3) is 0 Å². The van der Waals surface area contributed by atoms with E-state index in [9.17, 15) is 4.79 Å². The zero-order valence-electron chi connectivity index (χ0n) is 12.0. The number of likely N-dealkylation sites (N-methyl/N-ethyl adjacent to an activating group) is 1. The lowest BCUT2D eigenvalue weighted by Gasteiger charge is -2.40. The molecule has 110 valence electrons. The molecule has 2 atom stereocenters. The highest BCUT2D eigenvalue weighted by atomic mass is 32.1. The monoisotopic (exact) mass is 295 g/mol. The highest BCUT2D eigenvalue weighted by molar-refractivity contribution is 7.09. The minimum absolute atomic E-state index is 0.101. The number of hydrogen-bond acceptors (Lipinski definition) is 5. The lowest BCUT2D eigenvalue weighted by molar-refractivity contribution is -0.134. The van der Waals surface area contributed by atoms with Crippen molar-refractivity contribution in [3.63, 3.8) is 0 Å². The fourth-order valence-electron chi connectivity index (χ4n) is 3.12. The molecule has 1 amide bonds. The van der Waals surface area contributed by atoms with Gasteiger partial charge in [-0.1, -0.05) is 0 Å². The second-order valence-electron chi connectivity index (χ2n) is 5.73. The molecule has 2 aliphatic heterocycles. The van der Waals surface area contributed by atoms with Crippen molar-refractivity contribution < 1.29 is 9.53 Å². The second-order valence-corrected chi connectivity index (χ2v) is 6.79. The van der Waals surface area contributed by atoms with Crippen molar-refractivity contribution in [1.29, 1.82) is 0 Å². The Morgan fingerprint density at radius 1 is 1.55 bits per heavy atom. The summed E-state index contributed by atoms with van der Waals surface area (Å²) in [5.74, 6) is 0.573. The maximum absolute atomic E-state index is 11.9. The maximum Gasteiger partial charge on any atom is 0.248 e. The van der Waals surface area contributed by atoms with Gasteiger partial charge in [-0.2, -0.15) is 0 Å². The van der Waals surface area contributed by atoms with Gasteiger partial charge in [-0.15, -0.1) is 11.3 Å². The zero-order chi connectivity index (χ0) is 14.1. The Kier molecular flexibility index (Phi) is 4.05. The number of likely N-dealkylation sites (tertiary alicyclic amines) is 1. The first-order chi connectivity index (χ1) is 9.63. The van der Waals surface area contributed by atoms with Crippen LogP contribution in [-0.2, 0) is 16.1 Å². The third-order valence-electron chi connectivity index (χ3n) is 4.31. The Hall–Kier alpha value is -0.980. The number of nitrogens with zero attached hydrogens (tertiary/aromatic N) is 3. The molecule has 0 radical (unpaired) electrons. The van der Waals surface area contributed by atoms with Crippen LogP contribution in [0.1, 0.15) is 17.1 Å². The van der Waals surface area contributed by atoms with E-state index >= 15 is 0 Å². The first-order valence-electron chi connectivity index (χ1n) is 7.10. The molecule has 5 nitrogen and oxygen atoms in total. The van der Waals surface area contributed by atoms with E-state index in [-0.39, 0.29) is 18.6 Å². The number of amides is 1. The predicted octanol–water partition coefficient (Wildman–Crippen LogP) is 1.13. The minimum atomic E-state index is 0.101. The van der Waals surface area contributed by atoms with Gasteiger partial charge < -0.3 is 9.64 Å². The van der Waals surface area contributed by atoms with Crippen molar-refractivity contribution in [3.05, 3.63) is 16.1 Å². The fraction of sp³-hybridized carbons (Fsp3) is 0.714. The van der Waals surface area contributed by atoms with Gasteiger partial charge in [0.15, 0.2) is 0 Å². The molecule has 0 aromatic carbocycles. The summed E-state index contributed by atoms with van der Waals surface area (Å²) in [7, 11) is 1.91. The lowest BCUT2D eigenvalue weighted by Crippen LogP contribution is -2.52. The Morgan fingerprint density at radius 3 is 3.15 bits per heavy atom. The lowest BCUT2D eigenvalue weighted by atomic mass is 9.91. The summed E-state index contributed by atoms with van der Waals surface area (Å²) < 4.78 is 5.48. The van der Waals surface area contributed by atoms with E-state index in [0.717, 1.165) is 36.8 Å². The highest BCUT2D eigenvalue weighted by Crippen LogP contribution is 2.25. The molecule has 1 aromatic heterocycles. The summed E-state index contributed by atoms with van der Waals surface area (Å²) in [6.45, 7) is 5.85. The Labute approximate surface area is 123 Å². The van der Waals surface area contributed by atoms with E-state index < -0.39 is 0 Å². The van der Waals surface area contributed by atoms with Gasteiger partial charge in [-0.25, -0.2) is 4.98 Å². The average Bonchev–Trinajstić information content (AvgIpc) is 2.78. The first kappa shape index (κ1) is 14.0. The zero-order valence-corrected chi connectivity index (χ0v) is 12.9. The van der Waals surface area contributed by atoms with Crippen LogP contribution in [0.25, 0.3) is 0 Å². The second kappa shape index (κ2) is 5.79. The molecule has 2 fully saturated rings. The van der Waals surface area contributed by atoms with E-state index in [4.69, 9.17) is 4.74 Å². The van der Waals surface area contributed by atoms with Crippen LogP contribution >= 0.6 is 11.3 Å². The van der Waals surface area contributed by atoms with Crippen LogP contribution in [0.15, 0.2) is 5.38 Å². The number of aromatic nitrogens is 1. The summed E-state index contributed by atoms with van der Waals surface area (Å²) in [4.78, 5) is 20.7. The van der Waals surface area contributed by atoms with Crippen molar-refractivity contribution in [2.45, 2.75) is 25.9 Å². The third-order valence-corrected chi connectivity index (χ3v) is 5.13. The number of carbonyl (C=O) groups excluding carboxylic acids is 1. The van der Waals surface area contributed by atoms with E-state index in [1.807, 2.05) is 18.9 Å². The Balaban J connectivity index is 1.67. The van der Waals surface area contributed by atoms with Gasteiger partial charge in [0, 0.05) is 37.5 Å². The summed E-state index contributed by atoms with van der Waals surface area (Å²) in [6.07, 6.45) is 1.09. The van der Waals surface area contributed by atoms with E-state index in [2.05, 4.69) is 15.3 Å². The van der Waals surface area contributed by atoms with Crippen LogP contribution in [0, 0.1) is 12.8 Å².